The summed E-state index contributed by atoms with van der Waals surface area (Å²) in [5, 5.41) is 0. The van der Waals surface area contributed by atoms with E-state index in [1.165, 1.54) is 4.90 Å². The van der Waals surface area contributed by atoms with E-state index in [0.29, 0.717) is 17.2 Å². The van der Waals surface area contributed by atoms with Gasteiger partial charge in [0.25, 0.3) is 5.91 Å². The number of carbonyl (C=O) groups is 1. The third-order valence-corrected chi connectivity index (χ3v) is 2.21. The number of rotatable bonds is 0. The molecule has 0 saturated carbocycles. The van der Waals surface area contributed by atoms with Crippen LogP contribution in [0.15, 0.2) is 36.2 Å². The summed E-state index contributed by atoms with van der Waals surface area (Å²) >= 11 is 0. The van der Waals surface area contributed by atoms with Gasteiger partial charge in [-0.1, -0.05) is 12.1 Å². The summed E-state index contributed by atoms with van der Waals surface area (Å²) in [7, 11) is 1.70. The molecule has 3 heteroatoms. The molecule has 0 atom stereocenters. The highest BCUT2D eigenvalue weighted by Crippen LogP contribution is 2.27. The van der Waals surface area contributed by atoms with Gasteiger partial charge in [-0.05, 0) is 25.1 Å². The van der Waals surface area contributed by atoms with Gasteiger partial charge in [0.1, 0.15) is 5.75 Å². The van der Waals surface area contributed by atoms with Crippen LogP contribution >= 0.6 is 0 Å². The van der Waals surface area contributed by atoms with E-state index >= 15 is 0 Å². The highest BCUT2D eigenvalue weighted by atomic mass is 16.5. The second-order valence-electron chi connectivity index (χ2n) is 3.09. The Morgan fingerprint density at radius 3 is 2.79 bits per heavy atom. The van der Waals surface area contributed by atoms with E-state index in [1.807, 2.05) is 19.1 Å². The Kier molecular flexibility index (Phi) is 2.00. The van der Waals surface area contributed by atoms with Gasteiger partial charge in [0.05, 0.1) is 5.56 Å². The number of allylic oxidation sites excluding steroid dienone is 1. The molecule has 1 aliphatic rings. The fraction of sp³-hybridized carbons (Fsp3) is 0.182. The monoisotopic (exact) mass is 189 g/mol. The summed E-state index contributed by atoms with van der Waals surface area (Å²) in [6.07, 6.45) is 1.77. The maximum atomic E-state index is 11.8. The largest absolute Gasteiger partial charge is 0.440 e. The summed E-state index contributed by atoms with van der Waals surface area (Å²) in [6.45, 7) is 1.84. The third kappa shape index (κ3) is 1.18. The quantitative estimate of drug-likeness (QED) is 0.624. The first-order chi connectivity index (χ1) is 6.74. The van der Waals surface area contributed by atoms with Crippen LogP contribution in [0.1, 0.15) is 17.3 Å². The number of amides is 1. The van der Waals surface area contributed by atoms with Crippen molar-refractivity contribution in [1.29, 1.82) is 0 Å². The Labute approximate surface area is 82.6 Å². The molecule has 72 valence electrons. The third-order valence-electron chi connectivity index (χ3n) is 2.21. The summed E-state index contributed by atoms with van der Waals surface area (Å²) in [5.41, 5.74) is 0.612. The Morgan fingerprint density at radius 2 is 2.07 bits per heavy atom. The van der Waals surface area contributed by atoms with E-state index in [9.17, 15) is 4.79 Å². The molecular weight excluding hydrogens is 178 g/mol. The van der Waals surface area contributed by atoms with Crippen molar-refractivity contribution < 1.29 is 9.53 Å². The molecule has 14 heavy (non-hydrogen) atoms. The van der Waals surface area contributed by atoms with Crippen molar-refractivity contribution in [1.82, 2.24) is 4.90 Å². The van der Waals surface area contributed by atoms with Crippen molar-refractivity contribution in [3.8, 4) is 5.75 Å². The fourth-order valence-electron chi connectivity index (χ4n) is 1.45. The highest BCUT2D eigenvalue weighted by Gasteiger charge is 2.25. The zero-order valence-corrected chi connectivity index (χ0v) is 8.15. The molecule has 0 spiro atoms. The smallest absolute Gasteiger partial charge is 0.264 e. The maximum Gasteiger partial charge on any atom is 0.264 e. The molecule has 3 nitrogen and oxygen atoms in total. The molecule has 1 aromatic rings. The number of ether oxygens (including phenoxy) is 1. The first-order valence-electron chi connectivity index (χ1n) is 4.45. The van der Waals surface area contributed by atoms with Crippen LogP contribution in [-0.2, 0) is 0 Å². The average Bonchev–Trinajstić information content (AvgIpc) is 2.23. The second-order valence-corrected chi connectivity index (χ2v) is 3.09. The molecule has 1 amide bonds. The van der Waals surface area contributed by atoms with Crippen LogP contribution in [0.3, 0.4) is 0 Å². The second kappa shape index (κ2) is 3.18. The lowest BCUT2D eigenvalue weighted by Gasteiger charge is -2.27. The topological polar surface area (TPSA) is 29.5 Å². The molecule has 2 rings (SSSR count). The van der Waals surface area contributed by atoms with Crippen LogP contribution in [0.5, 0.6) is 5.75 Å². The van der Waals surface area contributed by atoms with E-state index in [-0.39, 0.29) is 5.91 Å². The number of hydrogen-bond donors (Lipinski definition) is 0. The molecule has 0 fully saturated rings. The number of nitrogens with zero attached hydrogens (tertiary/aromatic N) is 1. The first-order valence-corrected chi connectivity index (χ1v) is 4.45. The number of para-hydroxylation sites is 1. The van der Waals surface area contributed by atoms with Gasteiger partial charge in [-0.2, -0.15) is 0 Å². The molecule has 1 aliphatic heterocycles. The van der Waals surface area contributed by atoms with Crippen molar-refractivity contribution in [2.75, 3.05) is 7.05 Å². The fourth-order valence-corrected chi connectivity index (χ4v) is 1.45. The lowest BCUT2D eigenvalue weighted by atomic mass is 10.1. The molecule has 0 radical (unpaired) electrons. The number of benzene rings is 1. The standard InChI is InChI=1S/C11H11NO2/c1-3-10-12(2)11(13)8-6-4-5-7-9(8)14-10/h3-7H,1-2H3/b10-3-. The van der Waals surface area contributed by atoms with Gasteiger partial charge in [-0.25, -0.2) is 0 Å². The van der Waals surface area contributed by atoms with Crippen molar-refractivity contribution in [3.63, 3.8) is 0 Å². The van der Waals surface area contributed by atoms with Crippen molar-refractivity contribution in [2.45, 2.75) is 6.92 Å². The Hall–Kier alpha value is -1.77. The van der Waals surface area contributed by atoms with Crippen LogP contribution in [0.25, 0.3) is 0 Å². The van der Waals surface area contributed by atoms with E-state index in [0.717, 1.165) is 0 Å². The number of fused-ring (bicyclic) bond motifs is 1. The molecule has 0 aliphatic carbocycles. The van der Waals surface area contributed by atoms with Crippen molar-refractivity contribution in [3.05, 3.63) is 41.8 Å². The zero-order valence-electron chi connectivity index (χ0n) is 8.15. The normalized spacial score (nSPS) is 18.0. The minimum absolute atomic E-state index is 0.0278. The lowest BCUT2D eigenvalue weighted by Crippen LogP contribution is -2.33. The van der Waals surface area contributed by atoms with Crippen LogP contribution in [0.4, 0.5) is 0 Å². The van der Waals surface area contributed by atoms with Gasteiger partial charge in [-0.3, -0.25) is 9.69 Å². The minimum Gasteiger partial charge on any atom is -0.440 e. The molecular formula is C11H11NO2. The Morgan fingerprint density at radius 1 is 1.36 bits per heavy atom. The van der Waals surface area contributed by atoms with Crippen LogP contribution in [0.2, 0.25) is 0 Å². The Bertz CT molecular complexity index is 410. The molecule has 0 bridgehead atoms. The molecule has 0 aromatic heterocycles. The molecule has 0 saturated heterocycles. The van der Waals surface area contributed by atoms with Crippen LogP contribution in [-0.4, -0.2) is 17.9 Å². The van der Waals surface area contributed by atoms with Gasteiger partial charge in [0.2, 0.25) is 0 Å². The number of carbonyl (C=O) groups excluding carboxylic acids is 1. The van der Waals surface area contributed by atoms with E-state index in [4.69, 9.17) is 4.74 Å². The predicted molar refractivity (Wildman–Crippen MR) is 52.9 cm³/mol. The van der Waals surface area contributed by atoms with Crippen LogP contribution < -0.4 is 4.74 Å². The summed E-state index contributed by atoms with van der Waals surface area (Å²) < 4.78 is 5.53. The van der Waals surface area contributed by atoms with Gasteiger partial charge < -0.3 is 4.74 Å². The van der Waals surface area contributed by atoms with E-state index < -0.39 is 0 Å². The van der Waals surface area contributed by atoms with Gasteiger partial charge in [-0.15, -0.1) is 0 Å². The minimum atomic E-state index is -0.0278. The molecule has 0 unspecified atom stereocenters. The molecule has 0 N–H and O–H groups in total. The van der Waals surface area contributed by atoms with Crippen LogP contribution in [0, 0.1) is 0 Å². The molecule has 1 heterocycles. The Balaban J connectivity index is 2.53. The maximum absolute atomic E-state index is 11.8. The summed E-state index contributed by atoms with van der Waals surface area (Å²) in [6, 6.07) is 7.24. The lowest BCUT2D eigenvalue weighted by molar-refractivity contribution is 0.0741. The zero-order chi connectivity index (χ0) is 10.1. The van der Waals surface area contributed by atoms with E-state index in [1.54, 1.807) is 25.3 Å². The van der Waals surface area contributed by atoms with Crippen molar-refractivity contribution >= 4 is 5.91 Å². The molecule has 1 aromatic carbocycles. The summed E-state index contributed by atoms with van der Waals surface area (Å²) in [4.78, 5) is 13.3. The highest BCUT2D eigenvalue weighted by molar-refractivity contribution is 5.98. The average molecular weight is 189 g/mol. The van der Waals surface area contributed by atoms with Gasteiger partial charge >= 0.3 is 0 Å². The van der Waals surface area contributed by atoms with Crippen molar-refractivity contribution in [2.24, 2.45) is 0 Å². The SMILES string of the molecule is C/C=C1\Oc2ccccc2C(=O)N1C. The first kappa shape index (κ1) is 8.81. The summed E-state index contributed by atoms with van der Waals surface area (Å²) in [5.74, 6) is 1.18. The van der Waals surface area contributed by atoms with Gasteiger partial charge in [0, 0.05) is 7.05 Å². The number of hydrogen-bond acceptors (Lipinski definition) is 2. The van der Waals surface area contributed by atoms with Gasteiger partial charge in [0.15, 0.2) is 5.88 Å². The van der Waals surface area contributed by atoms with E-state index in [2.05, 4.69) is 0 Å². The predicted octanol–water partition coefficient (Wildman–Crippen LogP) is 2.01.